The Hall–Kier alpha value is -1.56. The Morgan fingerprint density at radius 1 is 1.00 bits per heavy atom. The van der Waals surface area contributed by atoms with E-state index in [1.807, 2.05) is 0 Å². The molecule has 6 nitrogen and oxygen atoms in total. The van der Waals surface area contributed by atoms with Gasteiger partial charge in [-0.3, -0.25) is 0 Å². The molecule has 0 bridgehead atoms. The molecule has 1 saturated carbocycles. The van der Waals surface area contributed by atoms with E-state index in [1.165, 1.54) is 64.5 Å². The summed E-state index contributed by atoms with van der Waals surface area (Å²) in [7, 11) is 0. The number of hydrogen-bond donors (Lipinski definition) is 3. The fourth-order valence-electron chi connectivity index (χ4n) is 3.61. The maximum Gasteiger partial charge on any atom is 0.155 e. The van der Waals surface area contributed by atoms with Crippen LogP contribution >= 0.6 is 0 Å². The number of nitrogen functional groups attached to an aromatic ring is 1. The van der Waals surface area contributed by atoms with E-state index in [0.29, 0.717) is 11.7 Å². The lowest BCUT2D eigenvalue weighted by Gasteiger charge is -2.26. The number of likely N-dealkylation sites (tertiary alicyclic amines) is 1. The smallest absolute Gasteiger partial charge is 0.155 e. The Morgan fingerprint density at radius 2 is 1.70 bits per heavy atom. The van der Waals surface area contributed by atoms with Gasteiger partial charge in [-0.1, -0.05) is 25.7 Å². The third-order valence-corrected chi connectivity index (χ3v) is 5.00. The molecule has 2 heterocycles. The van der Waals surface area contributed by atoms with E-state index in [-0.39, 0.29) is 0 Å². The van der Waals surface area contributed by atoms with Gasteiger partial charge in [0.1, 0.15) is 12.0 Å². The van der Waals surface area contributed by atoms with Crippen molar-refractivity contribution in [1.29, 1.82) is 0 Å². The molecule has 1 aliphatic heterocycles. The number of aromatic nitrogens is 2. The van der Waals surface area contributed by atoms with E-state index in [9.17, 15) is 0 Å². The zero-order valence-electron chi connectivity index (χ0n) is 14.1. The van der Waals surface area contributed by atoms with E-state index in [2.05, 4.69) is 25.5 Å². The zero-order chi connectivity index (χ0) is 15.9. The Kier molecular flexibility index (Phi) is 5.91. The molecular formula is C17H30N6. The molecule has 2 aliphatic rings. The highest BCUT2D eigenvalue weighted by Crippen LogP contribution is 2.26. The van der Waals surface area contributed by atoms with Crippen molar-refractivity contribution < 1.29 is 0 Å². The Morgan fingerprint density at radius 3 is 2.48 bits per heavy atom. The first-order valence-electron chi connectivity index (χ1n) is 9.16. The van der Waals surface area contributed by atoms with Crippen LogP contribution in [0.1, 0.15) is 51.4 Å². The quantitative estimate of drug-likeness (QED) is 0.748. The predicted octanol–water partition coefficient (Wildman–Crippen LogP) is 2.70. The van der Waals surface area contributed by atoms with Crippen LogP contribution in [0.3, 0.4) is 0 Å². The molecule has 1 aliphatic carbocycles. The molecule has 4 N–H and O–H groups in total. The highest BCUT2D eigenvalue weighted by atomic mass is 15.2. The maximum absolute atomic E-state index is 6.26. The molecule has 0 radical (unpaired) electrons. The van der Waals surface area contributed by atoms with Crippen LogP contribution in [0.2, 0.25) is 0 Å². The van der Waals surface area contributed by atoms with Crippen molar-refractivity contribution in [3.05, 3.63) is 6.33 Å². The second kappa shape index (κ2) is 8.34. The van der Waals surface area contributed by atoms with Crippen molar-refractivity contribution in [1.82, 2.24) is 14.9 Å². The van der Waals surface area contributed by atoms with Crippen LogP contribution < -0.4 is 16.4 Å². The summed E-state index contributed by atoms with van der Waals surface area (Å²) in [6, 6.07) is 0.502. The highest BCUT2D eigenvalue weighted by Gasteiger charge is 2.16. The average molecular weight is 318 g/mol. The van der Waals surface area contributed by atoms with Gasteiger partial charge in [-0.15, -0.1) is 0 Å². The average Bonchev–Trinajstić information content (AvgIpc) is 2.60. The van der Waals surface area contributed by atoms with Gasteiger partial charge < -0.3 is 21.3 Å². The van der Waals surface area contributed by atoms with Gasteiger partial charge in [0.15, 0.2) is 11.6 Å². The fraction of sp³-hybridized carbons (Fsp3) is 0.765. The Balaban J connectivity index is 1.51. The number of rotatable bonds is 6. The summed E-state index contributed by atoms with van der Waals surface area (Å²) in [6.45, 7) is 4.36. The van der Waals surface area contributed by atoms with Crippen LogP contribution in [-0.2, 0) is 0 Å². The number of nitrogens with one attached hydrogen (secondary N) is 2. The maximum atomic E-state index is 6.26. The van der Waals surface area contributed by atoms with Crippen molar-refractivity contribution in [2.45, 2.75) is 57.4 Å². The van der Waals surface area contributed by atoms with Crippen LogP contribution in [0, 0.1) is 0 Å². The second-order valence-electron chi connectivity index (χ2n) is 6.79. The van der Waals surface area contributed by atoms with Crippen molar-refractivity contribution >= 4 is 17.3 Å². The molecule has 1 saturated heterocycles. The summed E-state index contributed by atoms with van der Waals surface area (Å²) in [6.07, 6.45) is 12.0. The predicted molar refractivity (Wildman–Crippen MR) is 95.7 cm³/mol. The lowest BCUT2D eigenvalue weighted by molar-refractivity contribution is 0.237. The molecular weight excluding hydrogens is 288 g/mol. The Bertz CT molecular complexity index is 480. The minimum Gasteiger partial charge on any atom is -0.393 e. The van der Waals surface area contributed by atoms with E-state index < -0.39 is 0 Å². The largest absolute Gasteiger partial charge is 0.393 e. The number of anilines is 3. The Labute approximate surface area is 139 Å². The number of nitrogens with zero attached hydrogens (tertiary/aromatic N) is 3. The molecule has 2 fully saturated rings. The van der Waals surface area contributed by atoms with Gasteiger partial charge in [-0.05, 0) is 38.8 Å². The molecule has 0 atom stereocenters. The minimum atomic E-state index is 0.502. The molecule has 0 aromatic carbocycles. The summed E-state index contributed by atoms with van der Waals surface area (Å²) in [5.41, 5.74) is 6.91. The molecule has 23 heavy (non-hydrogen) atoms. The first-order valence-corrected chi connectivity index (χ1v) is 9.16. The third-order valence-electron chi connectivity index (χ3n) is 5.00. The van der Waals surface area contributed by atoms with Crippen molar-refractivity contribution in [3.8, 4) is 0 Å². The lowest BCUT2D eigenvalue weighted by atomic mass is 9.95. The normalized spacial score (nSPS) is 20.3. The summed E-state index contributed by atoms with van der Waals surface area (Å²) in [4.78, 5) is 11.2. The van der Waals surface area contributed by atoms with Crippen LogP contribution in [0.25, 0.3) is 0 Å². The van der Waals surface area contributed by atoms with Gasteiger partial charge in [-0.2, -0.15) is 0 Å². The molecule has 1 aromatic rings. The van der Waals surface area contributed by atoms with Crippen LogP contribution in [-0.4, -0.2) is 47.1 Å². The highest BCUT2D eigenvalue weighted by molar-refractivity contribution is 5.74. The lowest BCUT2D eigenvalue weighted by Crippen LogP contribution is -2.34. The van der Waals surface area contributed by atoms with Crippen LogP contribution in [0.4, 0.5) is 17.3 Å². The van der Waals surface area contributed by atoms with Gasteiger partial charge in [0.25, 0.3) is 0 Å². The number of hydrogen-bond acceptors (Lipinski definition) is 6. The summed E-state index contributed by atoms with van der Waals surface area (Å²) in [5, 5.41) is 6.88. The van der Waals surface area contributed by atoms with E-state index in [1.54, 1.807) is 6.33 Å². The van der Waals surface area contributed by atoms with Gasteiger partial charge in [0.05, 0.1) is 0 Å². The molecule has 0 spiro atoms. The van der Waals surface area contributed by atoms with Gasteiger partial charge in [-0.25, -0.2) is 9.97 Å². The molecule has 3 rings (SSSR count). The van der Waals surface area contributed by atoms with Gasteiger partial charge >= 0.3 is 0 Å². The van der Waals surface area contributed by atoms with Crippen LogP contribution in [0.15, 0.2) is 6.33 Å². The summed E-state index contributed by atoms with van der Waals surface area (Å²) >= 11 is 0. The zero-order valence-corrected chi connectivity index (χ0v) is 14.1. The molecule has 128 valence electrons. The van der Waals surface area contributed by atoms with E-state index in [4.69, 9.17) is 5.73 Å². The summed E-state index contributed by atoms with van der Waals surface area (Å²) < 4.78 is 0. The molecule has 1 aromatic heterocycles. The molecule has 0 unspecified atom stereocenters. The number of piperidine rings is 1. The monoisotopic (exact) mass is 318 g/mol. The second-order valence-corrected chi connectivity index (χ2v) is 6.79. The van der Waals surface area contributed by atoms with Crippen LogP contribution in [0.5, 0.6) is 0 Å². The standard InChI is InChI=1S/C17H30N6/c18-15-16(19-9-12-23-10-5-2-6-11-23)20-13-21-17(15)22-14-7-3-1-4-8-14/h13-14H,1-12,18H2,(H2,19,20,21,22). The molecule has 6 heteroatoms. The van der Waals surface area contributed by atoms with E-state index in [0.717, 1.165) is 24.7 Å². The van der Waals surface area contributed by atoms with Crippen molar-refractivity contribution in [2.75, 3.05) is 42.5 Å². The fourth-order valence-corrected chi connectivity index (χ4v) is 3.61. The first kappa shape index (κ1) is 16.3. The van der Waals surface area contributed by atoms with Gasteiger partial charge in [0.2, 0.25) is 0 Å². The SMILES string of the molecule is Nc1c(NCCN2CCCCC2)ncnc1NC1CCCCC1. The third kappa shape index (κ3) is 4.70. The first-order chi connectivity index (χ1) is 11.3. The van der Waals surface area contributed by atoms with E-state index >= 15 is 0 Å². The summed E-state index contributed by atoms with van der Waals surface area (Å²) in [5.74, 6) is 1.54. The minimum absolute atomic E-state index is 0.502. The van der Waals surface area contributed by atoms with Crippen molar-refractivity contribution in [2.24, 2.45) is 0 Å². The topological polar surface area (TPSA) is 79.1 Å². The number of nitrogens with two attached hydrogens (primary N) is 1. The van der Waals surface area contributed by atoms with Gasteiger partial charge in [0, 0.05) is 19.1 Å². The van der Waals surface area contributed by atoms with Crippen molar-refractivity contribution in [3.63, 3.8) is 0 Å². The molecule has 0 amide bonds.